The number of benzene rings is 2. The van der Waals surface area contributed by atoms with Crippen molar-refractivity contribution in [3.8, 4) is 17.2 Å². The topological polar surface area (TPSA) is 56.8 Å². The zero-order valence-corrected chi connectivity index (χ0v) is 12.7. The van der Waals surface area contributed by atoms with E-state index < -0.39 is 0 Å². The Hall–Kier alpha value is -2.69. The van der Waals surface area contributed by atoms with Gasteiger partial charge in [0.25, 0.3) is 5.91 Å². The third-order valence-corrected chi connectivity index (χ3v) is 2.84. The van der Waals surface area contributed by atoms with E-state index in [4.69, 9.17) is 14.2 Å². The van der Waals surface area contributed by atoms with E-state index in [1.54, 1.807) is 37.4 Å². The molecule has 0 saturated carbocycles. The molecule has 0 radical (unpaired) electrons. The molecule has 2 aromatic rings. The summed E-state index contributed by atoms with van der Waals surface area (Å²) in [5.74, 6) is 1.74. The van der Waals surface area contributed by atoms with E-state index in [9.17, 15) is 4.79 Å². The normalized spacial score (nSPS) is 9.91. The number of anilines is 1. The van der Waals surface area contributed by atoms with Crippen LogP contribution in [0.5, 0.6) is 17.2 Å². The highest BCUT2D eigenvalue weighted by Gasteiger charge is 2.05. The molecular formula is C17H19NO4. The lowest BCUT2D eigenvalue weighted by molar-refractivity contribution is -0.118. The summed E-state index contributed by atoms with van der Waals surface area (Å²) >= 11 is 0. The summed E-state index contributed by atoms with van der Waals surface area (Å²) < 4.78 is 15.9. The van der Waals surface area contributed by atoms with Crippen LogP contribution in [-0.2, 0) is 4.79 Å². The van der Waals surface area contributed by atoms with Crippen molar-refractivity contribution in [2.24, 2.45) is 0 Å². The Balaban J connectivity index is 1.88. The van der Waals surface area contributed by atoms with Gasteiger partial charge in [0.15, 0.2) is 6.61 Å². The van der Waals surface area contributed by atoms with E-state index in [1.807, 2.05) is 25.1 Å². The zero-order chi connectivity index (χ0) is 15.8. The van der Waals surface area contributed by atoms with Crippen LogP contribution in [0.4, 0.5) is 5.69 Å². The second kappa shape index (κ2) is 7.93. The van der Waals surface area contributed by atoms with Crippen LogP contribution in [0.1, 0.15) is 6.92 Å². The molecule has 0 aliphatic carbocycles. The fourth-order valence-corrected chi connectivity index (χ4v) is 1.87. The number of carbonyl (C=O) groups is 1. The molecule has 1 amide bonds. The smallest absolute Gasteiger partial charge is 0.262 e. The minimum Gasteiger partial charge on any atom is -0.497 e. The molecule has 0 atom stereocenters. The lowest BCUT2D eigenvalue weighted by Gasteiger charge is -2.09. The van der Waals surface area contributed by atoms with Gasteiger partial charge in [-0.05, 0) is 31.2 Å². The fraction of sp³-hybridized carbons (Fsp3) is 0.235. The van der Waals surface area contributed by atoms with Crippen molar-refractivity contribution in [2.45, 2.75) is 6.92 Å². The minimum atomic E-state index is -0.239. The maximum Gasteiger partial charge on any atom is 0.262 e. The highest BCUT2D eigenvalue weighted by molar-refractivity contribution is 5.92. The Morgan fingerprint density at radius 3 is 2.41 bits per heavy atom. The number of carbonyl (C=O) groups excluding carboxylic acids is 1. The van der Waals surface area contributed by atoms with Crippen molar-refractivity contribution in [1.29, 1.82) is 0 Å². The van der Waals surface area contributed by atoms with Crippen molar-refractivity contribution in [3.63, 3.8) is 0 Å². The molecule has 0 spiro atoms. The van der Waals surface area contributed by atoms with Gasteiger partial charge < -0.3 is 19.5 Å². The first-order chi connectivity index (χ1) is 10.7. The Labute approximate surface area is 129 Å². The van der Waals surface area contributed by atoms with Gasteiger partial charge in [0.05, 0.1) is 13.7 Å². The van der Waals surface area contributed by atoms with E-state index in [2.05, 4.69) is 5.32 Å². The molecule has 0 unspecified atom stereocenters. The van der Waals surface area contributed by atoms with Crippen LogP contribution < -0.4 is 19.5 Å². The number of rotatable bonds is 7. The van der Waals surface area contributed by atoms with Gasteiger partial charge in [0.1, 0.15) is 17.2 Å². The van der Waals surface area contributed by atoms with Gasteiger partial charge in [-0.15, -0.1) is 0 Å². The first-order valence-corrected chi connectivity index (χ1v) is 7.01. The molecule has 0 fully saturated rings. The molecule has 2 rings (SSSR count). The Kier molecular flexibility index (Phi) is 5.65. The van der Waals surface area contributed by atoms with E-state index >= 15 is 0 Å². The summed E-state index contributed by atoms with van der Waals surface area (Å²) in [6.45, 7) is 2.41. The highest BCUT2D eigenvalue weighted by Crippen LogP contribution is 2.19. The summed E-state index contributed by atoms with van der Waals surface area (Å²) in [5, 5.41) is 2.76. The molecule has 5 heteroatoms. The monoisotopic (exact) mass is 301 g/mol. The first-order valence-electron chi connectivity index (χ1n) is 7.01. The van der Waals surface area contributed by atoms with Crippen molar-refractivity contribution < 1.29 is 19.0 Å². The molecular weight excluding hydrogens is 282 g/mol. The van der Waals surface area contributed by atoms with E-state index in [0.717, 1.165) is 0 Å². The molecule has 0 aromatic heterocycles. The van der Waals surface area contributed by atoms with E-state index in [1.165, 1.54) is 0 Å². The van der Waals surface area contributed by atoms with Gasteiger partial charge in [0, 0.05) is 17.8 Å². The Bertz CT molecular complexity index is 628. The van der Waals surface area contributed by atoms with Crippen LogP contribution >= 0.6 is 0 Å². The van der Waals surface area contributed by atoms with Crippen LogP contribution in [0.2, 0.25) is 0 Å². The van der Waals surface area contributed by atoms with Crippen LogP contribution in [0.3, 0.4) is 0 Å². The van der Waals surface area contributed by atoms with Crippen molar-refractivity contribution >= 4 is 11.6 Å². The number of amides is 1. The van der Waals surface area contributed by atoms with Crippen molar-refractivity contribution in [1.82, 2.24) is 0 Å². The molecule has 0 heterocycles. The maximum atomic E-state index is 11.9. The van der Waals surface area contributed by atoms with Crippen molar-refractivity contribution in [2.75, 3.05) is 25.6 Å². The predicted octanol–water partition coefficient (Wildman–Crippen LogP) is 3.11. The van der Waals surface area contributed by atoms with Gasteiger partial charge in [0.2, 0.25) is 0 Å². The number of hydrogen-bond acceptors (Lipinski definition) is 4. The SMILES string of the molecule is CCOc1cccc(NC(=O)COc2cccc(OC)c2)c1. The summed E-state index contributed by atoms with van der Waals surface area (Å²) in [4.78, 5) is 11.9. The fourth-order valence-electron chi connectivity index (χ4n) is 1.87. The Morgan fingerprint density at radius 1 is 1.00 bits per heavy atom. The predicted molar refractivity (Wildman–Crippen MR) is 84.7 cm³/mol. The van der Waals surface area contributed by atoms with Crippen LogP contribution in [0, 0.1) is 0 Å². The number of methoxy groups -OCH3 is 1. The third-order valence-electron chi connectivity index (χ3n) is 2.84. The molecule has 2 aromatic carbocycles. The number of hydrogen-bond donors (Lipinski definition) is 1. The molecule has 0 bridgehead atoms. The van der Waals surface area contributed by atoms with Crippen LogP contribution in [-0.4, -0.2) is 26.2 Å². The highest BCUT2D eigenvalue weighted by atomic mass is 16.5. The van der Waals surface area contributed by atoms with Crippen molar-refractivity contribution in [3.05, 3.63) is 48.5 Å². The van der Waals surface area contributed by atoms with Crippen LogP contribution in [0.25, 0.3) is 0 Å². The number of nitrogens with one attached hydrogen (secondary N) is 1. The molecule has 116 valence electrons. The molecule has 1 N–H and O–H groups in total. The van der Waals surface area contributed by atoms with Gasteiger partial charge in [-0.1, -0.05) is 12.1 Å². The van der Waals surface area contributed by atoms with Gasteiger partial charge in [-0.2, -0.15) is 0 Å². The lowest BCUT2D eigenvalue weighted by atomic mass is 10.3. The summed E-state index contributed by atoms with van der Waals surface area (Å²) in [6, 6.07) is 14.3. The summed E-state index contributed by atoms with van der Waals surface area (Å²) in [6.07, 6.45) is 0. The van der Waals surface area contributed by atoms with Gasteiger partial charge in [-0.3, -0.25) is 4.79 Å². The average Bonchev–Trinajstić information content (AvgIpc) is 2.54. The summed E-state index contributed by atoms with van der Waals surface area (Å²) in [5.41, 5.74) is 0.671. The van der Waals surface area contributed by atoms with Gasteiger partial charge >= 0.3 is 0 Å². The standard InChI is InChI=1S/C17H19NO4/c1-3-21-15-8-4-6-13(10-15)18-17(19)12-22-16-9-5-7-14(11-16)20-2/h4-11H,3,12H2,1-2H3,(H,18,19). The lowest BCUT2D eigenvalue weighted by Crippen LogP contribution is -2.20. The second-order valence-corrected chi connectivity index (χ2v) is 4.48. The first kappa shape index (κ1) is 15.7. The quantitative estimate of drug-likeness (QED) is 0.853. The maximum absolute atomic E-state index is 11.9. The molecule has 5 nitrogen and oxygen atoms in total. The zero-order valence-electron chi connectivity index (χ0n) is 12.7. The van der Waals surface area contributed by atoms with Crippen LogP contribution in [0.15, 0.2) is 48.5 Å². The second-order valence-electron chi connectivity index (χ2n) is 4.48. The summed E-state index contributed by atoms with van der Waals surface area (Å²) in [7, 11) is 1.58. The molecule has 0 aliphatic heterocycles. The average molecular weight is 301 g/mol. The van der Waals surface area contributed by atoms with E-state index in [0.29, 0.717) is 29.5 Å². The molecule has 0 aliphatic rings. The molecule has 22 heavy (non-hydrogen) atoms. The third kappa shape index (κ3) is 4.70. The van der Waals surface area contributed by atoms with E-state index in [-0.39, 0.29) is 12.5 Å². The van der Waals surface area contributed by atoms with Gasteiger partial charge in [-0.25, -0.2) is 0 Å². The largest absolute Gasteiger partial charge is 0.497 e. The minimum absolute atomic E-state index is 0.0774. The Morgan fingerprint density at radius 2 is 1.68 bits per heavy atom. The number of ether oxygens (including phenoxy) is 3. The molecule has 0 saturated heterocycles.